The highest BCUT2D eigenvalue weighted by molar-refractivity contribution is 14.1. The number of phenols is 1. The Morgan fingerprint density at radius 2 is 1.91 bits per heavy atom. The molecule has 1 amide bonds. The Bertz CT molecular complexity index is 1190. The van der Waals surface area contributed by atoms with Crippen LogP contribution in [0.5, 0.6) is 5.75 Å². The highest BCUT2D eigenvalue weighted by Gasteiger charge is 2.63. The Kier molecular flexibility index (Phi) is 5.59. The summed E-state index contributed by atoms with van der Waals surface area (Å²) in [4.78, 5) is 40.2. The summed E-state index contributed by atoms with van der Waals surface area (Å²) in [5.41, 5.74) is 8.72. The highest BCUT2D eigenvalue weighted by atomic mass is 127. The molecule has 176 valence electrons. The maximum atomic E-state index is 13.5. The summed E-state index contributed by atoms with van der Waals surface area (Å²) < 4.78 is 0.399. The molecule has 11 heteroatoms. The smallest absolute Gasteiger partial charge is 0.255 e. The van der Waals surface area contributed by atoms with Crippen molar-refractivity contribution in [3.8, 4) is 5.75 Å². The van der Waals surface area contributed by atoms with Gasteiger partial charge in [0.25, 0.3) is 5.91 Å². The van der Waals surface area contributed by atoms with Crippen LogP contribution < -0.4 is 11.5 Å². The van der Waals surface area contributed by atoms with E-state index in [9.17, 15) is 34.8 Å². The van der Waals surface area contributed by atoms with E-state index in [0.29, 0.717) is 14.7 Å². The van der Waals surface area contributed by atoms with Crippen molar-refractivity contribution >= 4 is 40.1 Å². The van der Waals surface area contributed by atoms with Gasteiger partial charge in [-0.2, -0.15) is 0 Å². The molecule has 33 heavy (non-hydrogen) atoms. The van der Waals surface area contributed by atoms with Gasteiger partial charge in [0, 0.05) is 18.0 Å². The van der Waals surface area contributed by atoms with Gasteiger partial charge in [0.1, 0.15) is 22.8 Å². The minimum atomic E-state index is -2.64. The largest absolute Gasteiger partial charge is 0.510 e. The molecule has 3 aliphatic carbocycles. The van der Waals surface area contributed by atoms with Crippen molar-refractivity contribution in [1.29, 1.82) is 0 Å². The number of ketones is 2. The zero-order valence-electron chi connectivity index (χ0n) is 17.9. The van der Waals surface area contributed by atoms with Crippen molar-refractivity contribution in [2.45, 2.75) is 31.0 Å². The van der Waals surface area contributed by atoms with Crippen molar-refractivity contribution in [3.05, 3.63) is 49.0 Å². The second kappa shape index (κ2) is 7.79. The highest BCUT2D eigenvalue weighted by Crippen LogP contribution is 2.52. The number of nitrogens with zero attached hydrogens (tertiary/aromatic N) is 1. The number of Topliss-reactive ketones (excluding diaryl/α,β-unsaturated/α-hetero) is 2. The number of nitrogens with two attached hydrogens (primary N) is 2. The molecular formula is C22H24IN3O7. The van der Waals surface area contributed by atoms with E-state index in [2.05, 4.69) is 0 Å². The van der Waals surface area contributed by atoms with Crippen LogP contribution in [0, 0.1) is 15.4 Å². The molecular weight excluding hydrogens is 545 g/mol. The van der Waals surface area contributed by atoms with E-state index >= 15 is 0 Å². The normalized spacial score (nSPS) is 29.2. The molecule has 4 rings (SSSR count). The lowest BCUT2D eigenvalue weighted by Gasteiger charge is -2.50. The van der Waals surface area contributed by atoms with Gasteiger partial charge in [-0.25, -0.2) is 0 Å². The molecule has 0 saturated carbocycles. The van der Waals surface area contributed by atoms with E-state index in [4.69, 9.17) is 11.5 Å². The van der Waals surface area contributed by atoms with E-state index in [0.717, 1.165) is 0 Å². The number of carbonyl (C=O) groups is 3. The van der Waals surface area contributed by atoms with Gasteiger partial charge in [0.2, 0.25) is 5.78 Å². The van der Waals surface area contributed by atoms with Crippen LogP contribution in [0.3, 0.4) is 0 Å². The van der Waals surface area contributed by atoms with E-state index in [1.807, 2.05) is 22.6 Å². The molecule has 10 nitrogen and oxygen atoms in total. The number of benzene rings is 1. The number of aliphatic hydroxyl groups excluding tert-OH is 2. The van der Waals surface area contributed by atoms with E-state index in [1.165, 1.54) is 4.90 Å². The Morgan fingerprint density at radius 1 is 1.27 bits per heavy atom. The van der Waals surface area contributed by atoms with Crippen LogP contribution in [-0.2, 0) is 22.6 Å². The number of aromatic hydroxyl groups is 1. The minimum absolute atomic E-state index is 0.0249. The molecule has 0 fully saturated rings. The molecule has 0 spiro atoms. The van der Waals surface area contributed by atoms with Crippen LogP contribution in [0.2, 0.25) is 0 Å². The average molecular weight is 569 g/mol. The standard InChI is InChI=1S/C22H24IN3O7/c1-26(2)15-10-4-7-3-9-8(6-24)5-11(23)16(27)13(9)17(28)12(7)19(30)22(10,33)20(31)14(18(15)29)21(25)32/h5,7,10,15,27,29-30,33H,3-4,6,24H2,1-2H3,(H2,25,32)/t7-,10-,15-,22-/m0/s1. The molecule has 4 atom stereocenters. The Labute approximate surface area is 202 Å². The molecule has 0 heterocycles. The number of hydrogen-bond donors (Lipinski definition) is 6. The Balaban J connectivity index is 1.99. The van der Waals surface area contributed by atoms with E-state index in [1.54, 1.807) is 20.2 Å². The van der Waals surface area contributed by atoms with Gasteiger partial charge < -0.3 is 31.9 Å². The summed E-state index contributed by atoms with van der Waals surface area (Å²) >= 11 is 1.87. The first-order chi connectivity index (χ1) is 15.4. The minimum Gasteiger partial charge on any atom is -0.510 e. The number of carbonyl (C=O) groups excluding carboxylic acids is 3. The molecule has 0 aliphatic heterocycles. The number of fused-ring (bicyclic) bond motifs is 3. The summed E-state index contributed by atoms with van der Waals surface area (Å²) in [6.45, 7) is 0.126. The fourth-order valence-electron chi connectivity index (χ4n) is 5.54. The van der Waals surface area contributed by atoms with Crippen molar-refractivity contribution in [1.82, 2.24) is 4.90 Å². The van der Waals surface area contributed by atoms with Crippen LogP contribution in [-0.4, -0.2) is 68.5 Å². The number of allylic oxidation sites excluding steroid dienone is 1. The van der Waals surface area contributed by atoms with Crippen molar-refractivity contribution < 1.29 is 34.8 Å². The molecule has 0 bridgehead atoms. The fourth-order valence-corrected chi connectivity index (χ4v) is 6.19. The summed E-state index contributed by atoms with van der Waals surface area (Å²) in [5.74, 6) is -6.63. The number of amides is 1. The SMILES string of the molecule is CN(C)[C@@H]1C(O)=C(C(N)=O)C(=O)[C@@]2(O)C(O)=C3C(=O)c4c(O)c(I)cc(CN)c4C[C@H]3C[C@@H]12. The lowest BCUT2D eigenvalue weighted by Crippen LogP contribution is -2.63. The topological polar surface area (TPSA) is 187 Å². The number of aliphatic hydroxyl groups is 3. The number of halogens is 1. The van der Waals surface area contributed by atoms with Crippen LogP contribution in [0.1, 0.15) is 27.9 Å². The first-order valence-electron chi connectivity index (χ1n) is 10.3. The summed E-state index contributed by atoms with van der Waals surface area (Å²) in [6.07, 6.45) is 0.272. The monoisotopic (exact) mass is 569 g/mol. The maximum Gasteiger partial charge on any atom is 0.255 e. The van der Waals surface area contributed by atoms with Crippen LogP contribution >= 0.6 is 22.6 Å². The zero-order chi connectivity index (χ0) is 24.6. The van der Waals surface area contributed by atoms with Crippen molar-refractivity contribution in [3.63, 3.8) is 0 Å². The molecule has 0 saturated heterocycles. The predicted molar refractivity (Wildman–Crippen MR) is 124 cm³/mol. The number of primary amides is 1. The Morgan fingerprint density at radius 3 is 2.45 bits per heavy atom. The number of phenolic OH excluding ortho intramolecular Hbond substituents is 1. The first kappa shape index (κ1) is 23.7. The molecule has 0 radical (unpaired) electrons. The van der Waals surface area contributed by atoms with E-state index < -0.39 is 58.0 Å². The van der Waals surface area contributed by atoms with Crippen LogP contribution in [0.15, 0.2) is 28.7 Å². The van der Waals surface area contributed by atoms with Crippen molar-refractivity contribution in [2.24, 2.45) is 23.3 Å². The van der Waals surface area contributed by atoms with Gasteiger partial charge in [0.15, 0.2) is 11.4 Å². The van der Waals surface area contributed by atoms with Gasteiger partial charge >= 0.3 is 0 Å². The average Bonchev–Trinajstić information content (AvgIpc) is 2.72. The maximum absolute atomic E-state index is 13.5. The van der Waals surface area contributed by atoms with Gasteiger partial charge in [0.05, 0.1) is 15.2 Å². The molecule has 8 N–H and O–H groups in total. The molecule has 3 aliphatic rings. The molecule has 1 aromatic carbocycles. The predicted octanol–water partition coefficient (Wildman–Crippen LogP) is 0.184. The zero-order valence-corrected chi connectivity index (χ0v) is 20.1. The van der Waals surface area contributed by atoms with Gasteiger partial charge in [-0.3, -0.25) is 19.3 Å². The lowest BCUT2D eigenvalue weighted by atomic mass is 9.58. The van der Waals surface area contributed by atoms with Gasteiger partial charge in [-0.15, -0.1) is 0 Å². The second-order valence-electron chi connectivity index (χ2n) is 8.89. The van der Waals surface area contributed by atoms with Crippen LogP contribution in [0.25, 0.3) is 0 Å². The van der Waals surface area contributed by atoms with Crippen LogP contribution in [0.4, 0.5) is 0 Å². The number of rotatable bonds is 3. The van der Waals surface area contributed by atoms with Crippen molar-refractivity contribution in [2.75, 3.05) is 14.1 Å². The van der Waals surface area contributed by atoms with Gasteiger partial charge in [-0.1, -0.05) is 0 Å². The summed E-state index contributed by atoms with van der Waals surface area (Å²) in [5, 5.41) is 44.1. The third-order valence-electron chi connectivity index (χ3n) is 6.99. The third kappa shape index (κ3) is 3.06. The van der Waals surface area contributed by atoms with E-state index in [-0.39, 0.29) is 36.3 Å². The molecule has 0 unspecified atom stereocenters. The quantitative estimate of drug-likeness (QED) is 0.218. The third-order valence-corrected chi connectivity index (χ3v) is 7.81. The molecule has 0 aromatic heterocycles. The fraction of sp³-hybridized carbons (Fsp3) is 0.409. The number of likely N-dealkylation sites (N-methyl/N-ethyl adjacent to an activating group) is 1. The summed E-state index contributed by atoms with van der Waals surface area (Å²) in [7, 11) is 3.17. The van der Waals surface area contributed by atoms with Gasteiger partial charge in [-0.05, 0) is 72.6 Å². The lowest BCUT2D eigenvalue weighted by molar-refractivity contribution is -0.148. The molecule has 1 aromatic rings. The second-order valence-corrected chi connectivity index (χ2v) is 10.0. The summed E-state index contributed by atoms with van der Waals surface area (Å²) in [6, 6.07) is 0.672. The number of hydrogen-bond acceptors (Lipinski definition) is 9. The Hall–Kier alpha value is -2.48. The first-order valence-corrected chi connectivity index (χ1v) is 11.3.